The van der Waals surface area contributed by atoms with Crippen molar-refractivity contribution in [1.29, 1.82) is 0 Å². The average Bonchev–Trinajstić information content (AvgIpc) is 3.44. The molecule has 2 aliphatic rings. The number of benzene rings is 1. The molecule has 2 fully saturated rings. The molecule has 13 heteroatoms. The van der Waals surface area contributed by atoms with Crippen molar-refractivity contribution in [2.24, 2.45) is 0 Å². The van der Waals surface area contributed by atoms with Crippen LogP contribution in [-0.2, 0) is 10.9 Å². The molecule has 1 aromatic carbocycles. The average molecular weight is 578 g/mol. The van der Waals surface area contributed by atoms with E-state index in [1.807, 2.05) is 17.0 Å². The summed E-state index contributed by atoms with van der Waals surface area (Å²) in [6, 6.07) is 7.24. The predicted molar refractivity (Wildman–Crippen MR) is 146 cm³/mol. The Bertz CT molecular complexity index is 1350. The van der Waals surface area contributed by atoms with Crippen molar-refractivity contribution < 1.29 is 22.7 Å². The second-order valence-electron chi connectivity index (χ2n) is 10.2. The molecule has 0 radical (unpaired) electrons. The molecule has 1 amide bonds. The maximum atomic E-state index is 13.5. The lowest BCUT2D eigenvalue weighted by Gasteiger charge is -2.34. The van der Waals surface area contributed by atoms with Gasteiger partial charge < -0.3 is 19.9 Å². The highest BCUT2D eigenvalue weighted by Crippen LogP contribution is 2.30. The van der Waals surface area contributed by atoms with Gasteiger partial charge in [0.2, 0.25) is 5.82 Å². The minimum atomic E-state index is -4.64. The molecule has 4 heterocycles. The van der Waals surface area contributed by atoms with Crippen LogP contribution in [-0.4, -0.2) is 96.7 Å². The standard InChI is InChI=1S/C27H31ClF3N7O2/c1-36(2)18-7-8-38(16-18)23-6-3-19-21(35-23)5-4-20(28)24(19)25(39)32-15-22(37-9-11-40-12-10-37)17-13-33-26(34-14-17)27(29,30)31/h3-6,13-14,18,22H,7-12,15-16H2,1-2H3,(H,32,39). The molecule has 2 aliphatic heterocycles. The number of morpholine rings is 1. The normalized spacial score (nSPS) is 19.4. The van der Waals surface area contributed by atoms with Gasteiger partial charge in [-0.05, 0) is 44.8 Å². The Labute approximate surface area is 235 Å². The molecule has 40 heavy (non-hydrogen) atoms. The Morgan fingerprint density at radius 1 is 1.15 bits per heavy atom. The van der Waals surface area contributed by atoms with Crippen LogP contribution in [0.2, 0.25) is 5.02 Å². The zero-order valence-electron chi connectivity index (χ0n) is 22.3. The van der Waals surface area contributed by atoms with Crippen LogP contribution >= 0.6 is 11.6 Å². The summed E-state index contributed by atoms with van der Waals surface area (Å²) < 4.78 is 44.5. The number of likely N-dealkylation sites (N-methyl/N-ethyl adjacent to an activating group) is 1. The van der Waals surface area contributed by atoms with Crippen molar-refractivity contribution in [3.63, 3.8) is 0 Å². The first-order valence-corrected chi connectivity index (χ1v) is 13.5. The molecule has 0 aliphatic carbocycles. The molecule has 2 aromatic heterocycles. The van der Waals surface area contributed by atoms with Crippen molar-refractivity contribution in [2.45, 2.75) is 24.7 Å². The molecular weight excluding hydrogens is 547 g/mol. The second-order valence-corrected chi connectivity index (χ2v) is 10.6. The molecule has 3 aromatic rings. The van der Waals surface area contributed by atoms with Crippen LogP contribution in [0.15, 0.2) is 36.7 Å². The lowest BCUT2D eigenvalue weighted by Crippen LogP contribution is -2.44. The van der Waals surface area contributed by atoms with Crippen molar-refractivity contribution >= 4 is 34.2 Å². The number of halogens is 4. The van der Waals surface area contributed by atoms with Crippen LogP contribution in [0.25, 0.3) is 10.9 Å². The van der Waals surface area contributed by atoms with Crippen LogP contribution < -0.4 is 10.2 Å². The largest absolute Gasteiger partial charge is 0.451 e. The van der Waals surface area contributed by atoms with E-state index >= 15 is 0 Å². The summed E-state index contributed by atoms with van der Waals surface area (Å²) in [6.45, 7) is 3.94. The van der Waals surface area contributed by atoms with Crippen molar-refractivity contribution in [1.82, 2.24) is 30.1 Å². The van der Waals surface area contributed by atoms with Crippen LogP contribution in [0, 0.1) is 0 Å². The number of carbonyl (C=O) groups is 1. The topological polar surface area (TPSA) is 86.7 Å². The Morgan fingerprint density at radius 3 is 2.52 bits per heavy atom. The molecule has 0 saturated carbocycles. The van der Waals surface area contributed by atoms with Gasteiger partial charge in [-0.1, -0.05) is 11.6 Å². The fraction of sp³-hybridized carbons (Fsp3) is 0.481. The summed E-state index contributed by atoms with van der Waals surface area (Å²) in [6.07, 6.45) is -1.26. The molecule has 0 bridgehead atoms. The number of ether oxygens (including phenoxy) is 1. The van der Waals surface area contributed by atoms with Gasteiger partial charge in [-0.25, -0.2) is 15.0 Å². The molecule has 5 rings (SSSR count). The van der Waals surface area contributed by atoms with Gasteiger partial charge in [-0.2, -0.15) is 13.2 Å². The smallest absolute Gasteiger partial charge is 0.379 e. The fourth-order valence-corrected chi connectivity index (χ4v) is 5.48. The van der Waals surface area contributed by atoms with E-state index in [0.717, 1.165) is 37.7 Å². The number of alkyl halides is 3. The monoisotopic (exact) mass is 577 g/mol. The fourth-order valence-electron chi connectivity index (χ4n) is 5.23. The maximum absolute atomic E-state index is 13.5. The first-order valence-electron chi connectivity index (χ1n) is 13.1. The molecule has 2 atom stereocenters. The first kappa shape index (κ1) is 28.5. The van der Waals surface area contributed by atoms with Gasteiger partial charge in [0, 0.05) is 62.1 Å². The van der Waals surface area contributed by atoms with Gasteiger partial charge in [-0.15, -0.1) is 0 Å². The second kappa shape index (κ2) is 11.8. The van der Waals surface area contributed by atoms with Gasteiger partial charge in [0.1, 0.15) is 5.82 Å². The minimum absolute atomic E-state index is 0.117. The number of nitrogens with one attached hydrogen (secondary N) is 1. The lowest BCUT2D eigenvalue weighted by molar-refractivity contribution is -0.145. The Kier molecular flexibility index (Phi) is 8.41. The number of pyridine rings is 1. The third-order valence-corrected chi connectivity index (χ3v) is 7.82. The third-order valence-electron chi connectivity index (χ3n) is 7.50. The summed E-state index contributed by atoms with van der Waals surface area (Å²) in [5.74, 6) is -0.758. The number of rotatable bonds is 7. The number of anilines is 1. The molecule has 2 saturated heterocycles. The van der Waals surface area contributed by atoms with E-state index in [4.69, 9.17) is 21.3 Å². The van der Waals surface area contributed by atoms with Gasteiger partial charge in [0.15, 0.2) is 0 Å². The van der Waals surface area contributed by atoms with Crippen molar-refractivity contribution in [3.8, 4) is 0 Å². The number of carbonyl (C=O) groups excluding carboxylic acids is 1. The Morgan fingerprint density at radius 2 is 1.88 bits per heavy atom. The zero-order valence-corrected chi connectivity index (χ0v) is 23.0. The molecule has 0 spiro atoms. The predicted octanol–water partition coefficient (Wildman–Crippen LogP) is 3.64. The van der Waals surface area contributed by atoms with Gasteiger partial charge in [-0.3, -0.25) is 9.69 Å². The van der Waals surface area contributed by atoms with Gasteiger partial charge >= 0.3 is 6.18 Å². The first-order chi connectivity index (χ1) is 19.1. The highest BCUT2D eigenvalue weighted by Gasteiger charge is 2.35. The number of aromatic nitrogens is 3. The summed E-state index contributed by atoms with van der Waals surface area (Å²) in [4.78, 5) is 31.8. The highest BCUT2D eigenvalue weighted by molar-refractivity contribution is 6.35. The van der Waals surface area contributed by atoms with Crippen molar-refractivity contribution in [3.05, 3.63) is 58.6 Å². The van der Waals surface area contributed by atoms with Gasteiger partial charge in [0.25, 0.3) is 5.91 Å². The third kappa shape index (κ3) is 6.14. The van der Waals surface area contributed by atoms with E-state index in [2.05, 4.69) is 39.2 Å². The maximum Gasteiger partial charge on any atom is 0.451 e. The number of nitrogens with zero attached hydrogens (tertiary/aromatic N) is 6. The van der Waals surface area contributed by atoms with E-state index in [1.165, 1.54) is 0 Å². The summed E-state index contributed by atoms with van der Waals surface area (Å²) in [7, 11) is 4.15. The number of hydrogen-bond donors (Lipinski definition) is 1. The highest BCUT2D eigenvalue weighted by atomic mass is 35.5. The van der Waals surface area contributed by atoms with Gasteiger partial charge in [0.05, 0.1) is 35.4 Å². The van der Waals surface area contributed by atoms with E-state index in [0.29, 0.717) is 54.4 Å². The van der Waals surface area contributed by atoms with E-state index in [1.54, 1.807) is 12.1 Å². The molecule has 2 unspecified atom stereocenters. The minimum Gasteiger partial charge on any atom is -0.379 e. The van der Waals surface area contributed by atoms with Crippen LogP contribution in [0.4, 0.5) is 19.0 Å². The summed E-state index contributed by atoms with van der Waals surface area (Å²) in [5, 5.41) is 3.84. The molecular formula is C27H31ClF3N7O2. The number of hydrogen-bond acceptors (Lipinski definition) is 8. The molecule has 1 N–H and O–H groups in total. The summed E-state index contributed by atoms with van der Waals surface area (Å²) >= 11 is 6.50. The summed E-state index contributed by atoms with van der Waals surface area (Å²) in [5.41, 5.74) is 1.42. The molecule has 9 nitrogen and oxygen atoms in total. The van der Waals surface area contributed by atoms with E-state index in [-0.39, 0.29) is 11.6 Å². The Balaban J connectivity index is 1.36. The van der Waals surface area contributed by atoms with Crippen LogP contribution in [0.3, 0.4) is 0 Å². The quantitative estimate of drug-likeness (QED) is 0.456. The van der Waals surface area contributed by atoms with E-state index < -0.39 is 23.9 Å². The van der Waals surface area contributed by atoms with Crippen LogP contribution in [0.5, 0.6) is 0 Å². The number of amides is 1. The molecule has 214 valence electrons. The SMILES string of the molecule is CN(C)C1CCN(c2ccc3c(C(=O)NCC(c4cnc(C(F)(F)F)nc4)N4CCOCC4)c(Cl)ccc3n2)C1. The van der Waals surface area contributed by atoms with E-state index in [9.17, 15) is 18.0 Å². The lowest BCUT2D eigenvalue weighted by atomic mass is 10.1. The Hall–Kier alpha value is -3.06. The van der Waals surface area contributed by atoms with Crippen molar-refractivity contribution in [2.75, 3.05) is 64.9 Å². The number of fused-ring (bicyclic) bond motifs is 1. The zero-order chi connectivity index (χ0) is 28.4. The van der Waals surface area contributed by atoms with Crippen LogP contribution in [0.1, 0.15) is 34.2 Å².